The normalized spacial score (nSPS) is 12.7. The van der Waals surface area contributed by atoms with Crippen LogP contribution in [0.2, 0.25) is 0 Å². The minimum absolute atomic E-state index is 0.0420. The predicted octanol–water partition coefficient (Wildman–Crippen LogP) is -0.315. The molecule has 1 heterocycles. The summed E-state index contributed by atoms with van der Waals surface area (Å²) in [5.74, 6) is 0. The summed E-state index contributed by atoms with van der Waals surface area (Å²) in [4.78, 5) is 0. The van der Waals surface area contributed by atoms with Crippen LogP contribution < -0.4 is 5.32 Å². The molecule has 16 heavy (non-hydrogen) atoms. The van der Waals surface area contributed by atoms with E-state index in [1.807, 2.05) is 6.20 Å². The number of ether oxygens (including phenoxy) is 1. The number of nitrogens with one attached hydrogen (secondary N) is 1. The minimum Gasteiger partial charge on any atom is -0.394 e. The van der Waals surface area contributed by atoms with Crippen LogP contribution >= 0.6 is 0 Å². The summed E-state index contributed by atoms with van der Waals surface area (Å²) < 4.78 is 6.87. The van der Waals surface area contributed by atoms with Crippen LogP contribution in [0.5, 0.6) is 0 Å². The van der Waals surface area contributed by atoms with E-state index in [2.05, 4.69) is 10.4 Å². The summed E-state index contributed by atoms with van der Waals surface area (Å²) >= 11 is 0. The molecule has 1 aromatic heterocycles. The van der Waals surface area contributed by atoms with Gasteiger partial charge < -0.3 is 20.3 Å². The molecule has 0 saturated carbocycles. The van der Waals surface area contributed by atoms with Crippen molar-refractivity contribution in [3.8, 4) is 0 Å². The zero-order chi connectivity index (χ0) is 11.8. The van der Waals surface area contributed by atoms with Crippen molar-refractivity contribution in [3.63, 3.8) is 0 Å². The van der Waals surface area contributed by atoms with Crippen molar-refractivity contribution < 1.29 is 14.9 Å². The zero-order valence-corrected chi connectivity index (χ0v) is 9.46. The Balaban J connectivity index is 2.22. The first-order valence-corrected chi connectivity index (χ1v) is 5.35. The Labute approximate surface area is 94.8 Å². The average Bonchev–Trinajstić information content (AvgIpc) is 2.70. The summed E-state index contributed by atoms with van der Waals surface area (Å²) in [5.41, 5.74) is 0.878. The van der Waals surface area contributed by atoms with Crippen molar-refractivity contribution in [2.45, 2.75) is 19.6 Å². The molecule has 0 saturated heterocycles. The lowest BCUT2D eigenvalue weighted by Crippen LogP contribution is -2.14. The van der Waals surface area contributed by atoms with Gasteiger partial charge in [0.15, 0.2) is 0 Å². The first-order chi connectivity index (χ1) is 7.72. The van der Waals surface area contributed by atoms with E-state index in [9.17, 15) is 0 Å². The quantitative estimate of drug-likeness (QED) is 0.533. The Morgan fingerprint density at radius 3 is 3.06 bits per heavy atom. The van der Waals surface area contributed by atoms with Crippen LogP contribution in [0.25, 0.3) is 0 Å². The molecular weight excluding hydrogens is 210 g/mol. The van der Waals surface area contributed by atoms with Crippen LogP contribution in [0.15, 0.2) is 12.4 Å². The summed E-state index contributed by atoms with van der Waals surface area (Å²) in [5, 5.41) is 24.8. The lowest BCUT2D eigenvalue weighted by molar-refractivity contribution is 0.0854. The third-order valence-corrected chi connectivity index (χ3v) is 1.94. The van der Waals surface area contributed by atoms with Gasteiger partial charge in [0.1, 0.15) is 0 Å². The van der Waals surface area contributed by atoms with Crippen LogP contribution in [0.3, 0.4) is 0 Å². The second kappa shape index (κ2) is 7.21. The van der Waals surface area contributed by atoms with Crippen molar-refractivity contribution >= 4 is 5.69 Å². The molecule has 3 N–H and O–H groups in total. The zero-order valence-electron chi connectivity index (χ0n) is 9.46. The highest BCUT2D eigenvalue weighted by atomic mass is 16.5. The second-order valence-corrected chi connectivity index (χ2v) is 3.56. The molecule has 0 aliphatic carbocycles. The maximum atomic E-state index is 9.09. The van der Waals surface area contributed by atoms with Gasteiger partial charge >= 0.3 is 0 Å². The van der Waals surface area contributed by atoms with E-state index in [-0.39, 0.29) is 12.7 Å². The SMILES string of the molecule is CC(O)CNc1cnn(CCOCCO)c1. The van der Waals surface area contributed by atoms with Gasteiger partial charge in [0.2, 0.25) is 0 Å². The molecule has 1 aromatic rings. The molecule has 1 atom stereocenters. The Hall–Kier alpha value is -1.11. The molecule has 0 fully saturated rings. The van der Waals surface area contributed by atoms with Gasteiger partial charge in [-0.15, -0.1) is 0 Å². The average molecular weight is 229 g/mol. The molecule has 0 aromatic carbocycles. The Bertz CT molecular complexity index is 289. The smallest absolute Gasteiger partial charge is 0.0727 e. The first-order valence-electron chi connectivity index (χ1n) is 5.35. The van der Waals surface area contributed by atoms with E-state index in [4.69, 9.17) is 14.9 Å². The van der Waals surface area contributed by atoms with Crippen molar-refractivity contribution in [1.82, 2.24) is 9.78 Å². The number of anilines is 1. The van der Waals surface area contributed by atoms with Gasteiger partial charge in [-0.3, -0.25) is 4.68 Å². The summed E-state index contributed by atoms with van der Waals surface area (Å²) in [6.07, 6.45) is 3.18. The topological polar surface area (TPSA) is 79.5 Å². The lowest BCUT2D eigenvalue weighted by atomic mass is 10.4. The van der Waals surface area contributed by atoms with Crippen molar-refractivity contribution in [2.75, 3.05) is 31.7 Å². The van der Waals surface area contributed by atoms with Crippen molar-refractivity contribution in [2.24, 2.45) is 0 Å². The molecule has 6 nitrogen and oxygen atoms in total. The number of aromatic nitrogens is 2. The molecule has 0 aliphatic rings. The third kappa shape index (κ3) is 5.11. The molecule has 0 bridgehead atoms. The molecule has 1 unspecified atom stereocenters. The van der Waals surface area contributed by atoms with Crippen LogP contribution in [-0.4, -0.2) is 52.5 Å². The van der Waals surface area contributed by atoms with E-state index in [0.717, 1.165) is 5.69 Å². The van der Waals surface area contributed by atoms with E-state index in [0.29, 0.717) is 26.3 Å². The summed E-state index contributed by atoms with van der Waals surface area (Å²) in [7, 11) is 0. The van der Waals surface area contributed by atoms with Gasteiger partial charge in [-0.1, -0.05) is 0 Å². The standard InChI is InChI=1S/C10H19N3O3/c1-9(15)6-11-10-7-12-13(8-10)2-4-16-5-3-14/h7-9,11,14-15H,2-6H2,1H3. The molecule has 0 amide bonds. The molecule has 92 valence electrons. The van der Waals surface area contributed by atoms with Crippen LogP contribution in [0.1, 0.15) is 6.92 Å². The Morgan fingerprint density at radius 1 is 1.56 bits per heavy atom. The van der Waals surface area contributed by atoms with Gasteiger partial charge in [-0.25, -0.2) is 0 Å². The number of rotatable bonds is 8. The van der Waals surface area contributed by atoms with Gasteiger partial charge in [0.05, 0.1) is 44.4 Å². The highest BCUT2D eigenvalue weighted by Gasteiger charge is 1.99. The Kier molecular flexibility index (Phi) is 5.84. The predicted molar refractivity (Wildman–Crippen MR) is 60.3 cm³/mol. The van der Waals surface area contributed by atoms with Crippen LogP contribution in [0.4, 0.5) is 5.69 Å². The van der Waals surface area contributed by atoms with Crippen LogP contribution in [0, 0.1) is 0 Å². The fourth-order valence-corrected chi connectivity index (χ4v) is 1.17. The fraction of sp³-hybridized carbons (Fsp3) is 0.700. The third-order valence-electron chi connectivity index (χ3n) is 1.94. The van der Waals surface area contributed by atoms with Crippen molar-refractivity contribution in [3.05, 3.63) is 12.4 Å². The van der Waals surface area contributed by atoms with Crippen LogP contribution in [-0.2, 0) is 11.3 Å². The largest absolute Gasteiger partial charge is 0.394 e. The maximum absolute atomic E-state index is 9.09. The second-order valence-electron chi connectivity index (χ2n) is 3.56. The van der Waals surface area contributed by atoms with E-state index >= 15 is 0 Å². The molecule has 0 aliphatic heterocycles. The molecule has 1 rings (SSSR count). The van der Waals surface area contributed by atoms with Gasteiger partial charge in [-0.05, 0) is 6.92 Å². The van der Waals surface area contributed by atoms with E-state index in [1.54, 1.807) is 17.8 Å². The molecule has 0 spiro atoms. The van der Waals surface area contributed by atoms with Gasteiger partial charge in [0.25, 0.3) is 0 Å². The highest BCUT2D eigenvalue weighted by molar-refractivity contribution is 5.38. The molecular formula is C10H19N3O3. The van der Waals surface area contributed by atoms with Crippen molar-refractivity contribution in [1.29, 1.82) is 0 Å². The summed E-state index contributed by atoms with van der Waals surface area (Å²) in [6, 6.07) is 0. The highest BCUT2D eigenvalue weighted by Crippen LogP contribution is 2.04. The maximum Gasteiger partial charge on any atom is 0.0727 e. The number of aliphatic hydroxyl groups is 2. The minimum atomic E-state index is -0.378. The van der Waals surface area contributed by atoms with Gasteiger partial charge in [0, 0.05) is 12.7 Å². The molecule has 6 heteroatoms. The first kappa shape index (κ1) is 13.0. The van der Waals surface area contributed by atoms with Gasteiger partial charge in [-0.2, -0.15) is 5.10 Å². The fourth-order valence-electron chi connectivity index (χ4n) is 1.17. The number of nitrogens with zero attached hydrogens (tertiary/aromatic N) is 2. The van der Waals surface area contributed by atoms with E-state index in [1.165, 1.54) is 0 Å². The Morgan fingerprint density at radius 2 is 2.38 bits per heavy atom. The summed E-state index contributed by atoms with van der Waals surface area (Å²) in [6.45, 7) is 3.80. The number of aliphatic hydroxyl groups excluding tert-OH is 2. The monoisotopic (exact) mass is 229 g/mol. The molecule has 0 radical (unpaired) electrons. The number of hydrogen-bond donors (Lipinski definition) is 3. The lowest BCUT2D eigenvalue weighted by Gasteiger charge is -2.05. The number of hydrogen-bond acceptors (Lipinski definition) is 5. The van der Waals surface area contributed by atoms with E-state index < -0.39 is 0 Å².